The molecule has 3 aromatic carbocycles. The molecule has 43 heavy (non-hydrogen) atoms. The molecule has 3 amide bonds. The van der Waals surface area contributed by atoms with Crippen LogP contribution in [-0.4, -0.2) is 58.3 Å². The van der Waals surface area contributed by atoms with Crippen molar-refractivity contribution in [3.05, 3.63) is 96.2 Å². The molecule has 2 heterocycles. The van der Waals surface area contributed by atoms with Crippen LogP contribution in [0, 0.1) is 5.92 Å². The van der Waals surface area contributed by atoms with Gasteiger partial charge in [-0.3, -0.25) is 14.4 Å². The summed E-state index contributed by atoms with van der Waals surface area (Å²) in [4.78, 5) is 63.9. The van der Waals surface area contributed by atoms with Crippen LogP contribution in [0.5, 0.6) is 0 Å². The zero-order valence-corrected chi connectivity index (χ0v) is 24.1. The van der Waals surface area contributed by atoms with Gasteiger partial charge in [0.1, 0.15) is 5.82 Å². The minimum Gasteiger partial charge on any atom is -0.459 e. The number of esters is 1. The van der Waals surface area contributed by atoms with Crippen molar-refractivity contribution in [2.24, 2.45) is 5.92 Å². The SMILES string of the molecule is CCOC(=O)C(=O)N1CCC(C(=O)N(C(=O)c2ccc3ccccc3c2)c2ccnc(N[C@@H](C)c3ccccc3)n2)CC1. The van der Waals surface area contributed by atoms with Gasteiger partial charge in [-0.25, -0.2) is 14.7 Å². The first-order valence-electron chi connectivity index (χ1n) is 14.3. The predicted octanol–water partition coefficient (Wildman–Crippen LogP) is 4.78. The van der Waals surface area contributed by atoms with Gasteiger partial charge >= 0.3 is 11.9 Å². The Balaban J connectivity index is 1.42. The Morgan fingerprint density at radius 3 is 2.37 bits per heavy atom. The summed E-state index contributed by atoms with van der Waals surface area (Å²) in [6.07, 6.45) is 2.08. The Labute approximate surface area is 249 Å². The monoisotopic (exact) mass is 579 g/mol. The Morgan fingerprint density at radius 1 is 0.953 bits per heavy atom. The molecule has 0 bridgehead atoms. The van der Waals surface area contributed by atoms with E-state index in [1.54, 1.807) is 19.1 Å². The largest absolute Gasteiger partial charge is 0.459 e. The van der Waals surface area contributed by atoms with E-state index in [0.29, 0.717) is 5.56 Å². The first-order chi connectivity index (χ1) is 20.9. The van der Waals surface area contributed by atoms with Gasteiger partial charge < -0.3 is 15.0 Å². The number of rotatable bonds is 7. The van der Waals surface area contributed by atoms with Gasteiger partial charge in [0.15, 0.2) is 0 Å². The summed E-state index contributed by atoms with van der Waals surface area (Å²) in [5.41, 5.74) is 1.37. The van der Waals surface area contributed by atoms with Crippen molar-refractivity contribution < 1.29 is 23.9 Å². The number of carbonyl (C=O) groups is 4. The van der Waals surface area contributed by atoms with E-state index >= 15 is 0 Å². The highest BCUT2D eigenvalue weighted by Gasteiger charge is 2.36. The maximum absolute atomic E-state index is 14.1. The average Bonchev–Trinajstić information content (AvgIpc) is 3.05. The van der Waals surface area contributed by atoms with E-state index in [1.165, 1.54) is 17.2 Å². The van der Waals surface area contributed by atoms with E-state index in [1.807, 2.05) is 67.6 Å². The summed E-state index contributed by atoms with van der Waals surface area (Å²) in [5, 5.41) is 5.09. The molecule has 0 radical (unpaired) electrons. The predicted molar refractivity (Wildman–Crippen MR) is 162 cm³/mol. The highest BCUT2D eigenvalue weighted by Crippen LogP contribution is 2.27. The molecule has 0 saturated carbocycles. The lowest BCUT2D eigenvalue weighted by molar-refractivity contribution is -0.160. The van der Waals surface area contributed by atoms with Crippen molar-refractivity contribution in [1.29, 1.82) is 0 Å². The van der Waals surface area contributed by atoms with E-state index < -0.39 is 29.6 Å². The maximum Gasteiger partial charge on any atom is 0.397 e. The van der Waals surface area contributed by atoms with Gasteiger partial charge in [-0.15, -0.1) is 0 Å². The van der Waals surface area contributed by atoms with E-state index in [4.69, 9.17) is 4.74 Å². The maximum atomic E-state index is 14.1. The number of fused-ring (bicyclic) bond motifs is 1. The molecule has 1 saturated heterocycles. The zero-order valence-electron chi connectivity index (χ0n) is 24.1. The first-order valence-corrected chi connectivity index (χ1v) is 14.3. The number of carbonyl (C=O) groups excluding carboxylic acids is 4. The molecule has 220 valence electrons. The molecule has 1 atom stereocenters. The van der Waals surface area contributed by atoms with Crippen molar-refractivity contribution in [2.45, 2.75) is 32.7 Å². The van der Waals surface area contributed by atoms with Crippen molar-refractivity contribution in [3.8, 4) is 0 Å². The molecule has 1 N–H and O–H groups in total. The third-order valence-electron chi connectivity index (χ3n) is 7.52. The van der Waals surface area contributed by atoms with Crippen LogP contribution in [0.4, 0.5) is 11.8 Å². The number of aromatic nitrogens is 2. The van der Waals surface area contributed by atoms with Crippen LogP contribution in [0.15, 0.2) is 85.1 Å². The highest BCUT2D eigenvalue weighted by atomic mass is 16.5. The topological polar surface area (TPSA) is 122 Å². The number of nitrogens with zero attached hydrogens (tertiary/aromatic N) is 4. The van der Waals surface area contributed by atoms with Crippen LogP contribution >= 0.6 is 0 Å². The Hall–Kier alpha value is -5.12. The molecule has 5 rings (SSSR count). The number of hydrogen-bond donors (Lipinski definition) is 1. The van der Waals surface area contributed by atoms with E-state index in [9.17, 15) is 19.2 Å². The normalized spacial score (nSPS) is 14.1. The van der Waals surface area contributed by atoms with Crippen molar-refractivity contribution >= 4 is 46.2 Å². The molecular formula is C33H33N5O5. The molecule has 10 nitrogen and oxygen atoms in total. The molecule has 1 aliphatic rings. The van der Waals surface area contributed by atoms with Crippen LogP contribution < -0.4 is 10.2 Å². The third kappa shape index (κ3) is 6.69. The summed E-state index contributed by atoms with van der Waals surface area (Å²) in [7, 11) is 0. The van der Waals surface area contributed by atoms with Crippen molar-refractivity contribution in [2.75, 3.05) is 29.9 Å². The molecule has 1 aliphatic heterocycles. The second-order valence-corrected chi connectivity index (χ2v) is 10.3. The molecule has 0 aliphatic carbocycles. The number of ether oxygens (including phenoxy) is 1. The van der Waals surface area contributed by atoms with Crippen LogP contribution in [0.1, 0.15) is 48.7 Å². The minimum atomic E-state index is -0.911. The second-order valence-electron chi connectivity index (χ2n) is 10.3. The van der Waals surface area contributed by atoms with Gasteiger partial charge in [-0.2, -0.15) is 4.98 Å². The number of nitrogens with one attached hydrogen (secondary N) is 1. The number of hydrogen-bond acceptors (Lipinski definition) is 8. The molecule has 10 heteroatoms. The molecule has 0 spiro atoms. The fraction of sp³-hybridized carbons (Fsp3) is 0.273. The Morgan fingerprint density at radius 2 is 1.65 bits per heavy atom. The summed E-state index contributed by atoms with van der Waals surface area (Å²) in [6, 6.07) is 24.2. The van der Waals surface area contributed by atoms with Gasteiger partial charge in [0.25, 0.3) is 5.91 Å². The summed E-state index contributed by atoms with van der Waals surface area (Å²) in [5.74, 6) is -2.73. The smallest absolute Gasteiger partial charge is 0.397 e. The average molecular weight is 580 g/mol. The lowest BCUT2D eigenvalue weighted by Gasteiger charge is -2.33. The van der Waals surface area contributed by atoms with E-state index in [-0.39, 0.29) is 50.3 Å². The van der Waals surface area contributed by atoms with Gasteiger partial charge in [-0.1, -0.05) is 60.7 Å². The zero-order chi connectivity index (χ0) is 30.3. The van der Waals surface area contributed by atoms with E-state index in [2.05, 4.69) is 15.3 Å². The molecule has 4 aromatic rings. The Kier molecular flexibility index (Phi) is 9.05. The van der Waals surface area contributed by atoms with Crippen molar-refractivity contribution in [1.82, 2.24) is 14.9 Å². The van der Waals surface area contributed by atoms with Crippen LogP contribution in [0.25, 0.3) is 10.8 Å². The van der Waals surface area contributed by atoms with Gasteiger partial charge in [0.2, 0.25) is 11.9 Å². The fourth-order valence-electron chi connectivity index (χ4n) is 5.16. The van der Waals surface area contributed by atoms with Crippen molar-refractivity contribution in [3.63, 3.8) is 0 Å². The highest BCUT2D eigenvalue weighted by molar-refractivity contribution is 6.32. The summed E-state index contributed by atoms with van der Waals surface area (Å²) in [6.45, 7) is 4.09. The Bertz CT molecular complexity index is 1640. The fourth-order valence-corrected chi connectivity index (χ4v) is 5.16. The molecule has 1 aromatic heterocycles. The van der Waals surface area contributed by atoms with E-state index in [0.717, 1.165) is 21.2 Å². The molecule has 1 fully saturated rings. The molecular weight excluding hydrogens is 546 g/mol. The lowest BCUT2D eigenvalue weighted by Crippen LogP contribution is -2.48. The number of piperidine rings is 1. The van der Waals surface area contributed by atoms with Crippen LogP contribution in [-0.2, 0) is 19.1 Å². The standard InChI is InChI=1S/C33H33N5O5/c1-3-43-32(42)31(41)37-19-16-25(17-20-37)29(39)38(30(40)27-14-13-24-11-7-8-12-26(24)21-27)28-15-18-34-33(36-28)35-22(2)23-9-5-4-6-10-23/h4-15,18,21-22,25H,3,16-17,19-20H2,1-2H3,(H,34,35,36)/t22-/m0/s1. The van der Waals surface area contributed by atoms with Gasteiger partial charge in [0.05, 0.1) is 12.6 Å². The number of likely N-dealkylation sites (tertiary alicyclic amines) is 1. The van der Waals surface area contributed by atoms with Crippen LogP contribution in [0.3, 0.4) is 0 Å². The summed E-state index contributed by atoms with van der Waals surface area (Å²) >= 11 is 0. The van der Waals surface area contributed by atoms with Crippen LogP contribution in [0.2, 0.25) is 0 Å². The lowest BCUT2D eigenvalue weighted by atomic mass is 9.94. The third-order valence-corrected chi connectivity index (χ3v) is 7.52. The van der Waals surface area contributed by atoms with Gasteiger partial charge in [-0.05, 0) is 55.2 Å². The quantitative estimate of drug-likeness (QED) is 0.189. The number of benzene rings is 3. The second kappa shape index (κ2) is 13.2. The first kappa shape index (κ1) is 29.4. The number of amides is 3. The number of anilines is 2. The summed E-state index contributed by atoms with van der Waals surface area (Å²) < 4.78 is 4.83. The minimum absolute atomic E-state index is 0.102. The molecule has 0 unspecified atom stereocenters. The van der Waals surface area contributed by atoms with Gasteiger partial charge in [0, 0.05) is 36.8 Å². The number of imide groups is 1.